The van der Waals surface area contributed by atoms with Gasteiger partial charge in [0.05, 0.1) is 6.04 Å². The van der Waals surface area contributed by atoms with E-state index in [-0.39, 0.29) is 44.1 Å². The minimum absolute atomic E-state index is 0.0158. The second-order valence-corrected chi connectivity index (χ2v) is 11.5. The van der Waals surface area contributed by atoms with E-state index in [0.717, 1.165) is 22.0 Å². The lowest BCUT2D eigenvalue weighted by atomic mass is 10.00. The summed E-state index contributed by atoms with van der Waals surface area (Å²) in [5.74, 6) is -3.10. The molecule has 3 rings (SSSR count). The minimum Gasteiger partial charge on any atom is -0.480 e. The Kier molecular flexibility index (Phi) is 12.9. The fourth-order valence-corrected chi connectivity index (χ4v) is 4.98. The molecule has 0 aliphatic heterocycles. The summed E-state index contributed by atoms with van der Waals surface area (Å²) >= 11 is 0. The number of aromatic amines is 1. The summed E-state index contributed by atoms with van der Waals surface area (Å²) in [6.45, 7) is 3.96. The van der Waals surface area contributed by atoms with E-state index in [4.69, 9.17) is 17.2 Å². The Labute approximate surface area is 262 Å². The Morgan fingerprint density at radius 3 is 2.13 bits per heavy atom. The summed E-state index contributed by atoms with van der Waals surface area (Å²) in [6.07, 6.45) is 2.85. The van der Waals surface area contributed by atoms with Crippen molar-refractivity contribution in [2.75, 3.05) is 6.54 Å². The van der Waals surface area contributed by atoms with E-state index in [1.54, 1.807) is 0 Å². The maximum Gasteiger partial charge on any atom is 0.326 e. The van der Waals surface area contributed by atoms with Gasteiger partial charge < -0.3 is 43.2 Å². The standard InChI is InChI=1S/C32H44N8O5/c1-19(2)15-26(29(42)38-25(31(44)45)13-8-14-36-32(34)35)40-30(43)27(16-20-9-4-3-5-10-20)39-28(41)23(33)17-21-18-37-24-12-7-6-11-22(21)24/h3-7,9-12,18-19,23,25-27,37H,8,13-17,33H2,1-2H3,(H,38,42)(H,39,41)(H,40,43)(H,44,45)(H4,34,35,36). The van der Waals surface area contributed by atoms with E-state index in [0.29, 0.717) is 6.42 Å². The Hall–Kier alpha value is -4.91. The number of hydrogen-bond acceptors (Lipinski definition) is 6. The van der Waals surface area contributed by atoms with Crippen molar-refractivity contribution in [3.8, 4) is 0 Å². The SMILES string of the molecule is CC(C)CC(NC(=O)C(Cc1ccccc1)NC(=O)C(N)Cc1c[nH]c2ccccc12)C(=O)NC(CCCN=C(N)N)C(=O)O. The molecule has 0 aliphatic carbocycles. The predicted molar refractivity (Wildman–Crippen MR) is 173 cm³/mol. The largest absolute Gasteiger partial charge is 0.480 e. The molecule has 11 N–H and O–H groups in total. The summed E-state index contributed by atoms with van der Waals surface area (Å²) in [5.41, 5.74) is 19.5. The van der Waals surface area contributed by atoms with Crippen molar-refractivity contribution < 1.29 is 24.3 Å². The van der Waals surface area contributed by atoms with Crippen molar-refractivity contribution in [3.63, 3.8) is 0 Å². The first-order valence-corrected chi connectivity index (χ1v) is 15.0. The molecule has 0 spiro atoms. The number of hydrogen-bond donors (Lipinski definition) is 8. The highest BCUT2D eigenvalue weighted by Gasteiger charge is 2.31. The number of aliphatic imine (C=N–C) groups is 1. The molecule has 13 nitrogen and oxygen atoms in total. The molecule has 4 atom stereocenters. The van der Waals surface area contributed by atoms with Crippen LogP contribution in [-0.2, 0) is 32.0 Å². The van der Waals surface area contributed by atoms with Crippen LogP contribution in [0.25, 0.3) is 10.9 Å². The third kappa shape index (κ3) is 10.9. The number of carboxylic acids is 1. The van der Waals surface area contributed by atoms with Gasteiger partial charge in [0, 0.05) is 30.1 Å². The lowest BCUT2D eigenvalue weighted by molar-refractivity contribution is -0.142. The zero-order chi connectivity index (χ0) is 32.9. The second-order valence-electron chi connectivity index (χ2n) is 11.5. The molecule has 242 valence electrons. The Bertz CT molecular complexity index is 1470. The highest BCUT2D eigenvalue weighted by molar-refractivity contribution is 5.94. The van der Waals surface area contributed by atoms with Crippen molar-refractivity contribution in [2.45, 2.75) is 70.1 Å². The predicted octanol–water partition coefficient (Wildman–Crippen LogP) is 0.919. The van der Waals surface area contributed by atoms with Crippen LogP contribution in [0.2, 0.25) is 0 Å². The number of nitrogens with zero attached hydrogens (tertiary/aromatic N) is 1. The van der Waals surface area contributed by atoms with Gasteiger partial charge in [0.15, 0.2) is 5.96 Å². The maximum absolute atomic E-state index is 13.7. The monoisotopic (exact) mass is 620 g/mol. The fourth-order valence-electron chi connectivity index (χ4n) is 4.98. The molecule has 0 bridgehead atoms. The average molecular weight is 621 g/mol. The van der Waals surface area contributed by atoms with Gasteiger partial charge >= 0.3 is 5.97 Å². The summed E-state index contributed by atoms with van der Waals surface area (Å²) in [5, 5.41) is 18.7. The molecular weight excluding hydrogens is 576 g/mol. The molecule has 0 saturated carbocycles. The molecule has 0 aliphatic rings. The Balaban J connectivity index is 1.74. The van der Waals surface area contributed by atoms with Crippen molar-refractivity contribution in [1.82, 2.24) is 20.9 Å². The Morgan fingerprint density at radius 2 is 1.47 bits per heavy atom. The first kappa shape index (κ1) is 34.6. The van der Waals surface area contributed by atoms with Crippen LogP contribution in [0.5, 0.6) is 0 Å². The number of nitrogens with one attached hydrogen (secondary N) is 4. The van der Waals surface area contributed by atoms with Gasteiger partial charge in [-0.1, -0.05) is 62.4 Å². The number of H-pyrrole nitrogens is 1. The number of carbonyl (C=O) groups excluding carboxylic acids is 3. The smallest absolute Gasteiger partial charge is 0.326 e. The third-order valence-corrected chi connectivity index (χ3v) is 7.27. The first-order chi connectivity index (χ1) is 21.4. The molecule has 0 saturated heterocycles. The lowest BCUT2D eigenvalue weighted by Gasteiger charge is -2.26. The lowest BCUT2D eigenvalue weighted by Crippen LogP contribution is -2.58. The van der Waals surface area contributed by atoms with Gasteiger partial charge in [-0.3, -0.25) is 19.4 Å². The minimum atomic E-state index is -1.22. The number of nitrogens with two attached hydrogens (primary N) is 3. The van der Waals surface area contributed by atoms with E-state index >= 15 is 0 Å². The number of rotatable bonds is 17. The molecule has 1 aromatic heterocycles. The molecule has 4 unspecified atom stereocenters. The normalized spacial score (nSPS) is 13.8. The number of amides is 3. The van der Waals surface area contributed by atoms with Crippen LogP contribution in [0.4, 0.5) is 0 Å². The number of carbonyl (C=O) groups is 4. The zero-order valence-electron chi connectivity index (χ0n) is 25.7. The highest BCUT2D eigenvalue weighted by Crippen LogP contribution is 2.19. The molecule has 3 aromatic rings. The molecule has 1 heterocycles. The van der Waals surface area contributed by atoms with Crippen LogP contribution < -0.4 is 33.2 Å². The van der Waals surface area contributed by atoms with E-state index < -0.39 is 47.9 Å². The van der Waals surface area contributed by atoms with Gasteiger partial charge in [-0.25, -0.2) is 4.79 Å². The summed E-state index contributed by atoms with van der Waals surface area (Å²) in [4.78, 5) is 59.2. The van der Waals surface area contributed by atoms with Crippen molar-refractivity contribution in [2.24, 2.45) is 28.1 Å². The van der Waals surface area contributed by atoms with Crippen LogP contribution in [0.3, 0.4) is 0 Å². The van der Waals surface area contributed by atoms with Crippen LogP contribution >= 0.6 is 0 Å². The number of aromatic nitrogens is 1. The van der Waals surface area contributed by atoms with Crippen LogP contribution in [-0.4, -0.2) is 70.5 Å². The number of aliphatic carboxylic acids is 1. The number of fused-ring (bicyclic) bond motifs is 1. The van der Waals surface area contributed by atoms with Gasteiger partial charge in [0.1, 0.15) is 18.1 Å². The third-order valence-electron chi connectivity index (χ3n) is 7.27. The van der Waals surface area contributed by atoms with Gasteiger partial charge in [0.25, 0.3) is 0 Å². The van der Waals surface area contributed by atoms with E-state index in [9.17, 15) is 24.3 Å². The van der Waals surface area contributed by atoms with E-state index in [2.05, 4.69) is 25.9 Å². The molecule has 0 radical (unpaired) electrons. The first-order valence-electron chi connectivity index (χ1n) is 15.0. The number of benzene rings is 2. The Morgan fingerprint density at radius 1 is 0.844 bits per heavy atom. The molecule has 0 fully saturated rings. The maximum atomic E-state index is 13.7. The molecular formula is C32H44N8O5. The zero-order valence-corrected chi connectivity index (χ0v) is 25.7. The topological polar surface area (TPSA) is 231 Å². The van der Waals surface area contributed by atoms with Gasteiger partial charge in [-0.15, -0.1) is 0 Å². The van der Waals surface area contributed by atoms with E-state index in [1.807, 2.05) is 74.6 Å². The number of para-hydroxylation sites is 1. The number of guanidine groups is 1. The van der Waals surface area contributed by atoms with Gasteiger partial charge in [0.2, 0.25) is 17.7 Å². The summed E-state index contributed by atoms with van der Waals surface area (Å²) in [7, 11) is 0. The molecule has 2 aromatic carbocycles. The van der Waals surface area contributed by atoms with Crippen LogP contribution in [0, 0.1) is 5.92 Å². The van der Waals surface area contributed by atoms with Crippen LogP contribution in [0.15, 0.2) is 65.8 Å². The van der Waals surface area contributed by atoms with E-state index in [1.165, 1.54) is 0 Å². The van der Waals surface area contributed by atoms with Crippen molar-refractivity contribution >= 4 is 40.6 Å². The van der Waals surface area contributed by atoms with Crippen LogP contribution in [0.1, 0.15) is 44.2 Å². The number of carboxylic acid groups (broad SMARTS) is 1. The molecule has 45 heavy (non-hydrogen) atoms. The van der Waals surface area contributed by atoms with Crippen molar-refractivity contribution in [3.05, 3.63) is 71.9 Å². The molecule has 13 heteroatoms. The second kappa shape index (κ2) is 16.8. The van der Waals surface area contributed by atoms with Crippen molar-refractivity contribution in [1.29, 1.82) is 0 Å². The fraction of sp³-hybridized carbons (Fsp3) is 0.406. The average Bonchev–Trinajstić information content (AvgIpc) is 3.40. The van der Waals surface area contributed by atoms with Gasteiger partial charge in [-0.2, -0.15) is 0 Å². The summed E-state index contributed by atoms with van der Waals surface area (Å²) in [6, 6.07) is 12.6. The van der Waals surface area contributed by atoms with Gasteiger partial charge in [-0.05, 0) is 48.8 Å². The highest BCUT2D eigenvalue weighted by atomic mass is 16.4. The summed E-state index contributed by atoms with van der Waals surface area (Å²) < 4.78 is 0. The quantitative estimate of drug-likeness (QED) is 0.0613. The molecule has 3 amide bonds.